The number of hydrogen-bond donors (Lipinski definition) is 0. The fraction of sp³-hybridized carbons (Fsp3) is 0.429. The number of allylic oxidation sites excluding steroid dienone is 2. The van der Waals surface area contributed by atoms with Gasteiger partial charge in [-0.1, -0.05) is 0 Å². The van der Waals surface area contributed by atoms with Crippen LogP contribution in [-0.4, -0.2) is 15.0 Å². The van der Waals surface area contributed by atoms with Crippen molar-refractivity contribution in [3.63, 3.8) is 0 Å². The Morgan fingerprint density at radius 1 is 1.27 bits per heavy atom. The van der Waals surface area contributed by atoms with Crippen molar-refractivity contribution in [2.45, 2.75) is 38.4 Å². The molecule has 0 N–H and O–H groups in total. The summed E-state index contributed by atoms with van der Waals surface area (Å²) >= 11 is 0.656. The summed E-state index contributed by atoms with van der Waals surface area (Å²) in [7, 11) is 0. The van der Waals surface area contributed by atoms with Crippen LogP contribution in [0.3, 0.4) is 0 Å². The third-order valence-electron chi connectivity index (χ3n) is 2.41. The minimum absolute atomic E-state index is 0.656. The van der Waals surface area contributed by atoms with Crippen LogP contribution in [0.5, 0.6) is 0 Å². The molecule has 0 nitrogen and oxygen atoms in total. The fourth-order valence-electron chi connectivity index (χ4n) is 1.49. The van der Waals surface area contributed by atoms with E-state index in [1.165, 1.54) is 24.8 Å². The van der Waals surface area contributed by atoms with Gasteiger partial charge in [0.2, 0.25) is 0 Å². The zero-order valence-corrected chi connectivity index (χ0v) is 11.4. The summed E-state index contributed by atoms with van der Waals surface area (Å²) in [6, 6.07) is 10.8. The van der Waals surface area contributed by atoms with Crippen molar-refractivity contribution in [1.29, 1.82) is 0 Å². The fourth-order valence-corrected chi connectivity index (χ4v) is 2.74. The molecule has 82 valence electrons. The van der Waals surface area contributed by atoms with E-state index in [-0.39, 0.29) is 0 Å². The topological polar surface area (TPSA) is 0 Å². The van der Waals surface area contributed by atoms with Crippen molar-refractivity contribution < 1.29 is 0 Å². The van der Waals surface area contributed by atoms with Crippen LogP contribution in [0.4, 0.5) is 0 Å². The average Bonchev–Trinajstić information content (AvgIpc) is 2.29. The summed E-state index contributed by atoms with van der Waals surface area (Å²) < 4.78 is 1.64. The average molecular weight is 267 g/mol. The third kappa shape index (κ3) is 5.20. The molecule has 15 heavy (non-hydrogen) atoms. The predicted molar refractivity (Wildman–Crippen MR) is 69.4 cm³/mol. The molecule has 0 radical (unpaired) electrons. The maximum absolute atomic E-state index is 2.45. The Morgan fingerprint density at radius 3 is 2.60 bits per heavy atom. The van der Waals surface area contributed by atoms with Gasteiger partial charge in [-0.3, -0.25) is 0 Å². The SMILES string of the molecule is CCCC/C=C(/Cc1ccccc1)[Se]C. The summed E-state index contributed by atoms with van der Waals surface area (Å²) in [6.07, 6.45) is 7.49. The van der Waals surface area contributed by atoms with Crippen molar-refractivity contribution in [2.24, 2.45) is 0 Å². The van der Waals surface area contributed by atoms with Gasteiger partial charge in [-0.25, -0.2) is 0 Å². The van der Waals surface area contributed by atoms with Crippen LogP contribution in [0.2, 0.25) is 5.82 Å². The number of hydrogen-bond acceptors (Lipinski definition) is 0. The molecule has 0 amide bonds. The first-order chi connectivity index (χ1) is 7.36. The normalized spacial score (nSPS) is 11.7. The van der Waals surface area contributed by atoms with E-state index in [4.69, 9.17) is 0 Å². The van der Waals surface area contributed by atoms with E-state index in [0.29, 0.717) is 15.0 Å². The summed E-state index contributed by atoms with van der Waals surface area (Å²) in [5.41, 5.74) is 1.45. The second-order valence-corrected chi connectivity index (χ2v) is 5.64. The Balaban J connectivity index is 2.50. The summed E-state index contributed by atoms with van der Waals surface area (Å²) in [6.45, 7) is 2.25. The van der Waals surface area contributed by atoms with Crippen molar-refractivity contribution >= 4 is 15.0 Å². The van der Waals surface area contributed by atoms with E-state index >= 15 is 0 Å². The first-order valence-electron chi connectivity index (χ1n) is 5.63. The minimum atomic E-state index is 0.656. The molecule has 0 fully saturated rings. The molecule has 1 aromatic carbocycles. The van der Waals surface area contributed by atoms with E-state index in [0.717, 1.165) is 6.42 Å². The van der Waals surface area contributed by atoms with E-state index in [1.807, 2.05) is 0 Å². The van der Waals surface area contributed by atoms with Gasteiger partial charge in [0.1, 0.15) is 0 Å². The van der Waals surface area contributed by atoms with Gasteiger partial charge in [-0.2, -0.15) is 0 Å². The molecule has 0 unspecified atom stereocenters. The molecule has 0 saturated carbocycles. The molecule has 1 heteroatoms. The molecular formula is C14H20Se. The number of unbranched alkanes of at least 4 members (excludes halogenated alkanes) is 2. The molecule has 0 aliphatic heterocycles. The summed E-state index contributed by atoms with van der Waals surface area (Å²) in [5, 5.41) is 0. The number of rotatable bonds is 6. The van der Waals surface area contributed by atoms with E-state index in [9.17, 15) is 0 Å². The Kier molecular flexibility index (Phi) is 6.47. The zero-order chi connectivity index (χ0) is 10.9. The molecule has 0 aromatic heterocycles. The molecule has 0 aliphatic rings. The van der Waals surface area contributed by atoms with Crippen molar-refractivity contribution in [3.8, 4) is 0 Å². The quantitative estimate of drug-likeness (QED) is 0.538. The van der Waals surface area contributed by atoms with E-state index in [2.05, 4.69) is 49.2 Å². The Bertz CT molecular complexity index is 287. The maximum atomic E-state index is 2.45. The molecule has 0 aliphatic carbocycles. The molecular weight excluding hydrogens is 247 g/mol. The van der Waals surface area contributed by atoms with Crippen LogP contribution in [0.15, 0.2) is 40.9 Å². The van der Waals surface area contributed by atoms with Gasteiger partial charge in [0, 0.05) is 0 Å². The molecule has 0 heterocycles. The molecule has 0 atom stereocenters. The first-order valence-corrected chi connectivity index (χ1v) is 8.20. The van der Waals surface area contributed by atoms with Gasteiger partial charge < -0.3 is 0 Å². The van der Waals surface area contributed by atoms with Crippen LogP contribution < -0.4 is 0 Å². The molecule has 0 bridgehead atoms. The molecule has 0 spiro atoms. The van der Waals surface area contributed by atoms with Gasteiger partial charge >= 0.3 is 99.8 Å². The molecule has 1 rings (SSSR count). The molecule has 1 aromatic rings. The van der Waals surface area contributed by atoms with Crippen LogP contribution in [-0.2, 0) is 6.42 Å². The Morgan fingerprint density at radius 2 is 2.00 bits per heavy atom. The predicted octanol–water partition coefficient (Wildman–Crippen LogP) is 4.06. The second kappa shape index (κ2) is 7.73. The van der Waals surface area contributed by atoms with Crippen LogP contribution >= 0.6 is 0 Å². The monoisotopic (exact) mass is 268 g/mol. The Labute approximate surface area is 99.9 Å². The second-order valence-electron chi connectivity index (χ2n) is 3.68. The summed E-state index contributed by atoms with van der Waals surface area (Å²) in [4.78, 5) is 0. The van der Waals surface area contributed by atoms with Crippen LogP contribution in [0, 0.1) is 0 Å². The van der Waals surface area contributed by atoms with Crippen LogP contribution in [0.25, 0.3) is 0 Å². The molecule has 0 saturated heterocycles. The van der Waals surface area contributed by atoms with Gasteiger partial charge in [-0.05, 0) is 0 Å². The van der Waals surface area contributed by atoms with Crippen LogP contribution in [0.1, 0.15) is 31.7 Å². The first kappa shape index (κ1) is 12.5. The van der Waals surface area contributed by atoms with Crippen molar-refractivity contribution in [1.82, 2.24) is 0 Å². The van der Waals surface area contributed by atoms with Gasteiger partial charge in [0.25, 0.3) is 0 Å². The van der Waals surface area contributed by atoms with Gasteiger partial charge in [-0.15, -0.1) is 0 Å². The van der Waals surface area contributed by atoms with Crippen molar-refractivity contribution in [3.05, 3.63) is 46.4 Å². The van der Waals surface area contributed by atoms with E-state index in [1.54, 1.807) is 4.47 Å². The third-order valence-corrected chi connectivity index (χ3v) is 4.17. The zero-order valence-electron chi connectivity index (χ0n) is 9.70. The Hall–Kier alpha value is -0.521. The van der Waals surface area contributed by atoms with E-state index < -0.39 is 0 Å². The standard InChI is InChI=1S/C14H20Se/c1-3-4-6-11-14(15-2)12-13-9-7-5-8-10-13/h5,7-11H,3-4,6,12H2,1-2H3/b14-11-. The summed E-state index contributed by atoms with van der Waals surface area (Å²) in [5.74, 6) is 2.31. The number of benzene rings is 1. The van der Waals surface area contributed by atoms with Gasteiger partial charge in [0.05, 0.1) is 0 Å². The van der Waals surface area contributed by atoms with Gasteiger partial charge in [0.15, 0.2) is 0 Å². The van der Waals surface area contributed by atoms with Crippen molar-refractivity contribution in [2.75, 3.05) is 0 Å².